The molecule has 0 fully saturated rings. The van der Waals surface area contributed by atoms with Gasteiger partial charge >= 0.3 is 0 Å². The van der Waals surface area contributed by atoms with Crippen LogP contribution in [0.25, 0.3) is 5.52 Å². The summed E-state index contributed by atoms with van der Waals surface area (Å²) in [7, 11) is 0. The average molecular weight is 358 g/mol. The van der Waals surface area contributed by atoms with Gasteiger partial charge < -0.3 is 10.2 Å². The van der Waals surface area contributed by atoms with Gasteiger partial charge in [-0.2, -0.15) is 0 Å². The highest BCUT2D eigenvalue weighted by Crippen LogP contribution is 2.16. The molecular weight excluding hydrogens is 328 g/mol. The van der Waals surface area contributed by atoms with Crippen LogP contribution in [0.15, 0.2) is 24.4 Å². The Morgan fingerprint density at radius 2 is 1.81 bits per heavy atom. The first-order valence-electron chi connectivity index (χ1n) is 9.68. The number of amides is 2. The second-order valence-electron chi connectivity index (χ2n) is 6.50. The zero-order valence-corrected chi connectivity index (χ0v) is 16.1. The Labute approximate surface area is 155 Å². The largest absolute Gasteiger partial charge is 0.349 e. The molecule has 6 nitrogen and oxygen atoms in total. The van der Waals surface area contributed by atoms with E-state index in [1.54, 1.807) is 10.6 Å². The maximum atomic E-state index is 13.0. The van der Waals surface area contributed by atoms with Gasteiger partial charge in [0.1, 0.15) is 0 Å². The van der Waals surface area contributed by atoms with Crippen LogP contribution in [0.5, 0.6) is 0 Å². The third-order valence-electron chi connectivity index (χ3n) is 4.29. The minimum atomic E-state index is -0.237. The summed E-state index contributed by atoms with van der Waals surface area (Å²) in [4.78, 5) is 31.8. The molecule has 0 unspecified atom stereocenters. The second-order valence-corrected chi connectivity index (χ2v) is 6.50. The molecule has 0 aliphatic heterocycles. The predicted molar refractivity (Wildman–Crippen MR) is 104 cm³/mol. The fourth-order valence-corrected chi connectivity index (χ4v) is 3.02. The molecule has 2 aromatic heterocycles. The number of nitrogens with one attached hydrogen (secondary N) is 1. The predicted octanol–water partition coefficient (Wildman–Crippen LogP) is 3.52. The summed E-state index contributed by atoms with van der Waals surface area (Å²) in [5.41, 5.74) is 1.03. The number of imidazole rings is 1. The van der Waals surface area contributed by atoms with Crippen molar-refractivity contribution in [2.75, 3.05) is 19.6 Å². The Morgan fingerprint density at radius 3 is 2.46 bits per heavy atom. The lowest BCUT2D eigenvalue weighted by molar-refractivity contribution is 0.0752. The number of fused-ring (bicyclic) bond motifs is 1. The lowest BCUT2D eigenvalue weighted by Crippen LogP contribution is -2.33. The van der Waals surface area contributed by atoms with E-state index in [0.717, 1.165) is 32.1 Å². The number of carbonyl (C=O) groups excluding carboxylic acids is 2. The first-order chi connectivity index (χ1) is 12.6. The van der Waals surface area contributed by atoms with Crippen LogP contribution in [0.4, 0.5) is 0 Å². The Morgan fingerprint density at radius 1 is 1.08 bits per heavy atom. The van der Waals surface area contributed by atoms with Crippen molar-refractivity contribution in [2.24, 2.45) is 0 Å². The van der Waals surface area contributed by atoms with Gasteiger partial charge in [-0.1, -0.05) is 39.7 Å². The van der Waals surface area contributed by atoms with Crippen LogP contribution in [-0.4, -0.2) is 45.7 Å². The van der Waals surface area contributed by atoms with E-state index in [2.05, 4.69) is 31.1 Å². The summed E-state index contributed by atoms with van der Waals surface area (Å²) >= 11 is 0. The zero-order valence-electron chi connectivity index (χ0n) is 16.1. The molecule has 2 amide bonds. The van der Waals surface area contributed by atoms with Crippen molar-refractivity contribution in [3.8, 4) is 0 Å². The van der Waals surface area contributed by atoms with E-state index in [-0.39, 0.29) is 17.6 Å². The Balaban J connectivity index is 2.30. The maximum absolute atomic E-state index is 13.0. The first-order valence-corrected chi connectivity index (χ1v) is 9.68. The first kappa shape index (κ1) is 19.9. The van der Waals surface area contributed by atoms with Gasteiger partial charge in [0.2, 0.25) is 5.82 Å². The SMILES string of the molecule is CCCCCNC(=O)c1nc(C(=O)N(CCC)CCC)c2ccccn12. The topological polar surface area (TPSA) is 66.7 Å². The van der Waals surface area contributed by atoms with Crippen LogP contribution in [0.1, 0.15) is 74.0 Å². The number of hydrogen-bond donors (Lipinski definition) is 1. The van der Waals surface area contributed by atoms with Crippen molar-refractivity contribution in [1.29, 1.82) is 0 Å². The monoisotopic (exact) mass is 358 g/mol. The smallest absolute Gasteiger partial charge is 0.287 e. The van der Waals surface area contributed by atoms with Crippen molar-refractivity contribution < 1.29 is 9.59 Å². The van der Waals surface area contributed by atoms with E-state index in [9.17, 15) is 9.59 Å². The van der Waals surface area contributed by atoms with Crippen molar-refractivity contribution in [3.05, 3.63) is 35.9 Å². The highest BCUT2D eigenvalue weighted by molar-refractivity contribution is 6.02. The van der Waals surface area contributed by atoms with Crippen LogP contribution in [-0.2, 0) is 0 Å². The minimum absolute atomic E-state index is 0.109. The Hall–Kier alpha value is -2.37. The molecular formula is C20H30N4O2. The third kappa shape index (κ3) is 4.62. The van der Waals surface area contributed by atoms with E-state index in [1.807, 2.05) is 23.1 Å². The van der Waals surface area contributed by atoms with E-state index < -0.39 is 0 Å². The van der Waals surface area contributed by atoms with Gasteiger partial charge in [0.25, 0.3) is 11.8 Å². The van der Waals surface area contributed by atoms with Crippen molar-refractivity contribution in [2.45, 2.75) is 52.9 Å². The van der Waals surface area contributed by atoms with Crippen molar-refractivity contribution >= 4 is 17.3 Å². The van der Waals surface area contributed by atoms with Crippen LogP contribution >= 0.6 is 0 Å². The van der Waals surface area contributed by atoms with Crippen LogP contribution in [0.2, 0.25) is 0 Å². The van der Waals surface area contributed by atoms with Gasteiger partial charge in [0.05, 0.1) is 5.52 Å². The lowest BCUT2D eigenvalue weighted by Gasteiger charge is -2.20. The minimum Gasteiger partial charge on any atom is -0.349 e. The average Bonchev–Trinajstić information content (AvgIpc) is 3.04. The summed E-state index contributed by atoms with van der Waals surface area (Å²) in [6.07, 6.45) is 6.69. The fourth-order valence-electron chi connectivity index (χ4n) is 3.02. The van der Waals surface area contributed by atoms with Gasteiger partial charge in [-0.3, -0.25) is 14.0 Å². The molecule has 0 spiro atoms. The molecule has 0 aromatic carbocycles. The molecule has 0 bridgehead atoms. The van der Waals surface area contributed by atoms with E-state index >= 15 is 0 Å². The molecule has 26 heavy (non-hydrogen) atoms. The maximum Gasteiger partial charge on any atom is 0.287 e. The molecule has 0 saturated carbocycles. The van der Waals surface area contributed by atoms with Crippen LogP contribution in [0, 0.1) is 0 Å². The Bertz CT molecular complexity index is 732. The molecule has 142 valence electrons. The Kier molecular flexibility index (Phi) is 7.63. The number of carbonyl (C=O) groups is 2. The third-order valence-corrected chi connectivity index (χ3v) is 4.29. The van der Waals surface area contributed by atoms with Crippen LogP contribution in [0.3, 0.4) is 0 Å². The number of pyridine rings is 1. The number of unbranched alkanes of at least 4 members (excludes halogenated alkanes) is 2. The number of rotatable bonds is 10. The van der Waals surface area contributed by atoms with Crippen molar-refractivity contribution in [1.82, 2.24) is 19.6 Å². The molecule has 0 radical (unpaired) electrons. The molecule has 6 heteroatoms. The van der Waals surface area contributed by atoms with E-state index in [1.165, 1.54) is 0 Å². The number of aromatic nitrogens is 2. The number of hydrogen-bond acceptors (Lipinski definition) is 3. The van der Waals surface area contributed by atoms with Gasteiger partial charge in [0, 0.05) is 25.8 Å². The molecule has 0 atom stereocenters. The molecule has 2 aromatic rings. The van der Waals surface area contributed by atoms with Gasteiger partial charge in [-0.15, -0.1) is 0 Å². The molecule has 2 rings (SSSR count). The van der Waals surface area contributed by atoms with Gasteiger partial charge in [-0.05, 0) is 31.4 Å². The van der Waals surface area contributed by atoms with E-state index in [0.29, 0.717) is 30.8 Å². The summed E-state index contributed by atoms with van der Waals surface area (Å²) in [6.45, 7) is 8.23. The van der Waals surface area contributed by atoms with E-state index in [4.69, 9.17) is 0 Å². The molecule has 0 aliphatic rings. The normalized spacial score (nSPS) is 10.9. The summed E-state index contributed by atoms with van der Waals surface area (Å²) < 4.78 is 1.71. The second kappa shape index (κ2) is 9.94. The van der Waals surface area contributed by atoms with Gasteiger partial charge in [-0.25, -0.2) is 4.98 Å². The summed E-state index contributed by atoms with van der Waals surface area (Å²) in [5, 5.41) is 2.91. The van der Waals surface area contributed by atoms with Gasteiger partial charge in [0.15, 0.2) is 5.69 Å². The molecule has 1 N–H and O–H groups in total. The fraction of sp³-hybridized carbons (Fsp3) is 0.550. The summed E-state index contributed by atoms with van der Waals surface area (Å²) in [5.74, 6) is -0.0743. The molecule has 0 aliphatic carbocycles. The molecule has 0 saturated heterocycles. The highest BCUT2D eigenvalue weighted by atomic mass is 16.2. The standard InChI is InChI=1S/C20H30N4O2/c1-4-7-9-12-21-19(25)18-22-17(16-11-8-10-15-24(16)18)20(26)23(13-5-2)14-6-3/h8,10-11,15H,4-7,9,12-14H2,1-3H3,(H,21,25). The lowest BCUT2D eigenvalue weighted by atomic mass is 10.2. The highest BCUT2D eigenvalue weighted by Gasteiger charge is 2.24. The molecule has 2 heterocycles. The van der Waals surface area contributed by atoms with Crippen LogP contribution < -0.4 is 5.32 Å². The number of nitrogens with zero attached hydrogens (tertiary/aromatic N) is 3. The van der Waals surface area contributed by atoms with Crippen molar-refractivity contribution in [3.63, 3.8) is 0 Å². The summed E-state index contributed by atoms with van der Waals surface area (Å²) in [6, 6.07) is 5.54. The quantitative estimate of drug-likeness (QED) is 0.661. The zero-order chi connectivity index (χ0) is 18.9.